The predicted molar refractivity (Wildman–Crippen MR) is 77.8 cm³/mol. The molecule has 0 aliphatic carbocycles. The first-order valence-corrected chi connectivity index (χ1v) is 7.01. The molecular weight excluding hydrogens is 238 g/mol. The predicted octanol–water partition coefficient (Wildman–Crippen LogP) is 2.43. The Morgan fingerprint density at radius 1 is 1.37 bits per heavy atom. The summed E-state index contributed by atoms with van der Waals surface area (Å²) in [7, 11) is 0. The van der Waals surface area contributed by atoms with E-state index in [1.54, 1.807) is 6.20 Å². The van der Waals surface area contributed by atoms with Gasteiger partial charge < -0.3 is 5.32 Å². The minimum absolute atomic E-state index is 0.0525. The van der Waals surface area contributed by atoms with Crippen LogP contribution in [0, 0.1) is 0 Å². The highest BCUT2D eigenvalue weighted by atomic mass is 16.2. The van der Waals surface area contributed by atoms with Crippen LogP contribution < -0.4 is 10.6 Å². The number of carbonyl (C=O) groups is 1. The lowest BCUT2D eigenvalue weighted by atomic mass is 10.1. The molecule has 3 atom stereocenters. The van der Waals surface area contributed by atoms with Crippen molar-refractivity contribution < 1.29 is 4.79 Å². The summed E-state index contributed by atoms with van der Waals surface area (Å²) in [6, 6.07) is 4.04. The Hall–Kier alpha value is -1.42. The molecule has 0 aliphatic heterocycles. The normalized spacial score (nSPS) is 15.6. The van der Waals surface area contributed by atoms with E-state index < -0.39 is 0 Å². The molecule has 1 aromatic rings. The number of aromatic nitrogens is 1. The zero-order chi connectivity index (χ0) is 14.3. The second-order valence-electron chi connectivity index (χ2n) is 5.09. The SMILES string of the molecule is CCCC(C)NC(=O)C(C)NC(C)c1cccnc1. The molecule has 1 aromatic heterocycles. The van der Waals surface area contributed by atoms with Crippen molar-refractivity contribution in [1.82, 2.24) is 15.6 Å². The summed E-state index contributed by atoms with van der Waals surface area (Å²) >= 11 is 0. The second-order valence-corrected chi connectivity index (χ2v) is 5.09. The first-order valence-electron chi connectivity index (χ1n) is 7.01. The van der Waals surface area contributed by atoms with Crippen LogP contribution in [-0.2, 0) is 4.79 Å². The molecule has 4 nitrogen and oxygen atoms in total. The van der Waals surface area contributed by atoms with Gasteiger partial charge in [0, 0.05) is 24.5 Å². The highest BCUT2D eigenvalue weighted by molar-refractivity contribution is 5.81. The van der Waals surface area contributed by atoms with Crippen LogP contribution >= 0.6 is 0 Å². The first-order chi connectivity index (χ1) is 9.04. The summed E-state index contributed by atoms with van der Waals surface area (Å²) < 4.78 is 0. The van der Waals surface area contributed by atoms with Crippen LogP contribution in [0.1, 0.15) is 52.1 Å². The fraction of sp³-hybridized carbons (Fsp3) is 0.600. The molecule has 1 heterocycles. The van der Waals surface area contributed by atoms with Gasteiger partial charge in [-0.3, -0.25) is 15.1 Å². The maximum atomic E-state index is 12.0. The van der Waals surface area contributed by atoms with E-state index >= 15 is 0 Å². The van der Waals surface area contributed by atoms with Crippen LogP contribution in [0.15, 0.2) is 24.5 Å². The van der Waals surface area contributed by atoms with Gasteiger partial charge in [-0.25, -0.2) is 0 Å². The van der Waals surface area contributed by atoms with Gasteiger partial charge in [0.05, 0.1) is 6.04 Å². The molecule has 3 unspecified atom stereocenters. The number of amides is 1. The molecule has 0 saturated carbocycles. The second kappa shape index (κ2) is 7.89. The van der Waals surface area contributed by atoms with Gasteiger partial charge in [-0.2, -0.15) is 0 Å². The number of hydrogen-bond donors (Lipinski definition) is 2. The van der Waals surface area contributed by atoms with E-state index in [4.69, 9.17) is 0 Å². The summed E-state index contributed by atoms with van der Waals surface area (Å²) in [4.78, 5) is 16.1. The van der Waals surface area contributed by atoms with Crippen molar-refractivity contribution >= 4 is 5.91 Å². The topological polar surface area (TPSA) is 54.0 Å². The van der Waals surface area contributed by atoms with Crippen molar-refractivity contribution in [2.24, 2.45) is 0 Å². The van der Waals surface area contributed by atoms with Crippen molar-refractivity contribution in [3.8, 4) is 0 Å². The number of carbonyl (C=O) groups excluding carboxylic acids is 1. The molecule has 1 rings (SSSR count). The van der Waals surface area contributed by atoms with E-state index in [1.807, 2.05) is 39.1 Å². The molecule has 0 radical (unpaired) electrons. The van der Waals surface area contributed by atoms with Gasteiger partial charge in [-0.1, -0.05) is 19.4 Å². The van der Waals surface area contributed by atoms with E-state index in [0.29, 0.717) is 0 Å². The van der Waals surface area contributed by atoms with Gasteiger partial charge in [-0.15, -0.1) is 0 Å². The quantitative estimate of drug-likeness (QED) is 0.794. The number of nitrogens with zero attached hydrogens (tertiary/aromatic N) is 1. The van der Waals surface area contributed by atoms with E-state index in [9.17, 15) is 4.79 Å². The van der Waals surface area contributed by atoms with Gasteiger partial charge in [-0.05, 0) is 38.8 Å². The summed E-state index contributed by atoms with van der Waals surface area (Å²) in [6.45, 7) is 8.09. The van der Waals surface area contributed by atoms with Gasteiger partial charge >= 0.3 is 0 Å². The van der Waals surface area contributed by atoms with Gasteiger partial charge in [0.15, 0.2) is 0 Å². The largest absolute Gasteiger partial charge is 0.352 e. The molecule has 2 N–H and O–H groups in total. The smallest absolute Gasteiger partial charge is 0.237 e. The van der Waals surface area contributed by atoms with Crippen molar-refractivity contribution in [1.29, 1.82) is 0 Å². The molecule has 106 valence electrons. The molecule has 0 saturated heterocycles. The molecule has 1 amide bonds. The fourth-order valence-corrected chi connectivity index (χ4v) is 2.05. The van der Waals surface area contributed by atoms with Crippen LogP contribution in [0.4, 0.5) is 0 Å². The molecule has 0 fully saturated rings. The number of hydrogen-bond acceptors (Lipinski definition) is 3. The lowest BCUT2D eigenvalue weighted by Crippen LogP contribution is -2.46. The van der Waals surface area contributed by atoms with Crippen LogP contribution in [0.25, 0.3) is 0 Å². The van der Waals surface area contributed by atoms with Crippen molar-refractivity contribution in [2.45, 2.75) is 58.7 Å². The van der Waals surface area contributed by atoms with Crippen LogP contribution in [-0.4, -0.2) is 23.0 Å². The Kier molecular flexibility index (Phi) is 6.50. The van der Waals surface area contributed by atoms with Crippen LogP contribution in [0.3, 0.4) is 0 Å². The average Bonchev–Trinajstić information content (AvgIpc) is 2.39. The Labute approximate surface area is 116 Å². The molecule has 0 aliphatic rings. The van der Waals surface area contributed by atoms with E-state index in [1.165, 1.54) is 0 Å². The van der Waals surface area contributed by atoms with Crippen molar-refractivity contribution in [3.05, 3.63) is 30.1 Å². The van der Waals surface area contributed by atoms with Crippen LogP contribution in [0.5, 0.6) is 0 Å². The lowest BCUT2D eigenvalue weighted by molar-refractivity contribution is -0.123. The standard InChI is InChI=1S/C15H25N3O/c1-5-7-11(2)17-15(19)13(4)18-12(3)14-8-6-9-16-10-14/h6,8-13,18H,5,7H2,1-4H3,(H,17,19). The third kappa shape index (κ3) is 5.39. The third-order valence-electron chi connectivity index (χ3n) is 3.19. The Morgan fingerprint density at radius 3 is 2.68 bits per heavy atom. The summed E-state index contributed by atoms with van der Waals surface area (Å²) in [5.74, 6) is 0.0525. The number of pyridine rings is 1. The number of nitrogens with one attached hydrogen (secondary N) is 2. The highest BCUT2D eigenvalue weighted by Crippen LogP contribution is 2.10. The lowest BCUT2D eigenvalue weighted by Gasteiger charge is -2.21. The molecule has 0 spiro atoms. The van der Waals surface area contributed by atoms with Crippen molar-refractivity contribution in [3.63, 3.8) is 0 Å². The Morgan fingerprint density at radius 2 is 2.11 bits per heavy atom. The molecule has 19 heavy (non-hydrogen) atoms. The van der Waals surface area contributed by atoms with Gasteiger partial charge in [0.1, 0.15) is 0 Å². The zero-order valence-corrected chi connectivity index (χ0v) is 12.3. The molecular formula is C15H25N3O. The minimum Gasteiger partial charge on any atom is -0.352 e. The zero-order valence-electron chi connectivity index (χ0n) is 12.3. The Balaban J connectivity index is 2.45. The van der Waals surface area contributed by atoms with Gasteiger partial charge in [0.25, 0.3) is 0 Å². The molecule has 0 aromatic carbocycles. The minimum atomic E-state index is -0.213. The van der Waals surface area contributed by atoms with Crippen LogP contribution in [0.2, 0.25) is 0 Å². The summed E-state index contributed by atoms with van der Waals surface area (Å²) in [5.41, 5.74) is 1.09. The van der Waals surface area contributed by atoms with E-state index in [0.717, 1.165) is 18.4 Å². The maximum absolute atomic E-state index is 12.0. The summed E-state index contributed by atoms with van der Waals surface area (Å²) in [6.07, 6.45) is 5.66. The third-order valence-corrected chi connectivity index (χ3v) is 3.19. The number of rotatable bonds is 7. The van der Waals surface area contributed by atoms with Crippen molar-refractivity contribution in [2.75, 3.05) is 0 Å². The van der Waals surface area contributed by atoms with Gasteiger partial charge in [0.2, 0.25) is 5.91 Å². The van der Waals surface area contributed by atoms with E-state index in [2.05, 4.69) is 22.5 Å². The molecule has 0 bridgehead atoms. The average molecular weight is 263 g/mol. The molecule has 4 heteroatoms. The first kappa shape index (κ1) is 15.6. The highest BCUT2D eigenvalue weighted by Gasteiger charge is 2.17. The monoisotopic (exact) mass is 263 g/mol. The Bertz CT molecular complexity index is 380. The maximum Gasteiger partial charge on any atom is 0.237 e. The fourth-order valence-electron chi connectivity index (χ4n) is 2.05. The summed E-state index contributed by atoms with van der Waals surface area (Å²) in [5, 5.41) is 6.31. The van der Waals surface area contributed by atoms with E-state index in [-0.39, 0.29) is 24.0 Å².